The fourth-order valence-corrected chi connectivity index (χ4v) is 2.36. The number of primary amides is 1. The summed E-state index contributed by atoms with van der Waals surface area (Å²) in [5.41, 5.74) is 18.6. The highest BCUT2D eigenvalue weighted by atomic mass is 32.1. The van der Waals surface area contributed by atoms with Gasteiger partial charge in [-0.05, 0) is 23.8 Å². The second kappa shape index (κ2) is 3.86. The molecule has 0 spiro atoms. The van der Waals surface area contributed by atoms with Crippen molar-refractivity contribution in [2.45, 2.75) is 0 Å². The quantitative estimate of drug-likeness (QED) is 0.688. The zero-order valence-corrected chi connectivity index (χ0v) is 9.25. The second-order valence-electron chi connectivity index (χ2n) is 3.38. The van der Waals surface area contributed by atoms with Crippen LogP contribution in [0.3, 0.4) is 0 Å². The van der Waals surface area contributed by atoms with Gasteiger partial charge in [0, 0.05) is 10.6 Å². The van der Waals surface area contributed by atoms with Crippen molar-refractivity contribution in [3.63, 3.8) is 0 Å². The molecule has 0 unspecified atom stereocenters. The van der Waals surface area contributed by atoms with Crippen molar-refractivity contribution in [3.05, 3.63) is 35.2 Å². The predicted molar refractivity (Wildman–Crippen MR) is 67.1 cm³/mol. The molecule has 0 aliphatic heterocycles. The van der Waals surface area contributed by atoms with Crippen molar-refractivity contribution >= 4 is 28.6 Å². The lowest BCUT2D eigenvalue weighted by molar-refractivity contribution is 0.100. The third-order valence-electron chi connectivity index (χ3n) is 2.16. The van der Waals surface area contributed by atoms with E-state index in [9.17, 15) is 4.79 Å². The highest BCUT2D eigenvalue weighted by Gasteiger charge is 2.12. The number of nitrogens with two attached hydrogens (primary N) is 3. The number of nitrogen functional groups attached to an aromatic ring is 2. The van der Waals surface area contributed by atoms with E-state index in [4.69, 9.17) is 17.2 Å². The van der Waals surface area contributed by atoms with Crippen LogP contribution < -0.4 is 17.2 Å². The van der Waals surface area contributed by atoms with Crippen LogP contribution in [0.1, 0.15) is 9.67 Å². The normalized spacial score (nSPS) is 10.2. The summed E-state index contributed by atoms with van der Waals surface area (Å²) in [6, 6.07) is 9.13. The average Bonchev–Trinajstić information content (AvgIpc) is 2.60. The van der Waals surface area contributed by atoms with Crippen molar-refractivity contribution in [3.8, 4) is 10.4 Å². The Morgan fingerprint density at radius 1 is 1.19 bits per heavy atom. The molecule has 2 aromatic rings. The van der Waals surface area contributed by atoms with E-state index in [-0.39, 0.29) is 0 Å². The monoisotopic (exact) mass is 233 g/mol. The summed E-state index contributed by atoms with van der Waals surface area (Å²) in [6.45, 7) is 0. The Kier molecular flexibility index (Phi) is 2.54. The number of thiophene rings is 1. The Labute approximate surface area is 96.7 Å². The lowest BCUT2D eigenvalue weighted by Crippen LogP contribution is -2.10. The maximum atomic E-state index is 11.1. The van der Waals surface area contributed by atoms with Gasteiger partial charge in [0.05, 0.1) is 5.69 Å². The third kappa shape index (κ3) is 1.85. The molecule has 1 aromatic carbocycles. The minimum Gasteiger partial charge on any atom is -0.399 e. The molecular weight excluding hydrogens is 222 g/mol. The Balaban J connectivity index is 2.49. The highest BCUT2D eigenvalue weighted by Crippen LogP contribution is 2.33. The number of benzene rings is 1. The van der Waals surface area contributed by atoms with Gasteiger partial charge in [-0.2, -0.15) is 0 Å². The maximum Gasteiger partial charge on any atom is 0.260 e. The number of hydrogen-bond donors (Lipinski definition) is 3. The standard InChI is InChI=1S/C11H11N3OS/c12-7-3-1-2-6(4-7)9-5-8(13)10(16-9)11(14)15/h1-5H,12-13H2,(H2,14,15). The number of amides is 1. The number of hydrogen-bond acceptors (Lipinski definition) is 4. The Morgan fingerprint density at radius 2 is 1.94 bits per heavy atom. The first-order chi connectivity index (χ1) is 7.58. The van der Waals surface area contributed by atoms with Crippen LogP contribution in [-0.4, -0.2) is 5.91 Å². The first kappa shape index (κ1) is 10.5. The van der Waals surface area contributed by atoms with E-state index in [1.807, 2.05) is 18.2 Å². The Morgan fingerprint density at radius 3 is 2.50 bits per heavy atom. The molecule has 5 heteroatoms. The maximum absolute atomic E-state index is 11.1. The number of rotatable bonds is 2. The fraction of sp³-hybridized carbons (Fsp3) is 0. The van der Waals surface area contributed by atoms with Crippen LogP contribution in [0.2, 0.25) is 0 Å². The molecule has 0 bridgehead atoms. The molecule has 0 radical (unpaired) electrons. The predicted octanol–water partition coefficient (Wildman–Crippen LogP) is 1.68. The molecule has 0 saturated carbocycles. The molecule has 16 heavy (non-hydrogen) atoms. The van der Waals surface area contributed by atoms with Gasteiger partial charge in [0.25, 0.3) is 5.91 Å². The largest absolute Gasteiger partial charge is 0.399 e. The number of carbonyl (C=O) groups excluding carboxylic acids is 1. The van der Waals surface area contributed by atoms with E-state index in [1.165, 1.54) is 11.3 Å². The summed E-state index contributed by atoms with van der Waals surface area (Å²) in [5.74, 6) is -0.502. The van der Waals surface area contributed by atoms with Gasteiger partial charge in [-0.1, -0.05) is 12.1 Å². The molecule has 0 aliphatic carbocycles. The summed E-state index contributed by atoms with van der Waals surface area (Å²) in [4.78, 5) is 12.3. The van der Waals surface area contributed by atoms with E-state index >= 15 is 0 Å². The van der Waals surface area contributed by atoms with Crippen molar-refractivity contribution in [2.24, 2.45) is 5.73 Å². The molecule has 2 rings (SSSR count). The molecule has 0 saturated heterocycles. The SMILES string of the molecule is NC(=O)c1sc(-c2cccc(N)c2)cc1N. The van der Waals surface area contributed by atoms with Crippen LogP contribution in [0.5, 0.6) is 0 Å². The van der Waals surface area contributed by atoms with Crippen LogP contribution >= 0.6 is 11.3 Å². The van der Waals surface area contributed by atoms with Gasteiger partial charge in [0.15, 0.2) is 0 Å². The van der Waals surface area contributed by atoms with Crippen LogP contribution in [0.15, 0.2) is 30.3 Å². The molecule has 1 aromatic heterocycles. The van der Waals surface area contributed by atoms with Gasteiger partial charge in [-0.25, -0.2) is 0 Å². The molecule has 6 N–H and O–H groups in total. The van der Waals surface area contributed by atoms with E-state index in [0.717, 1.165) is 10.4 Å². The minimum atomic E-state index is -0.502. The van der Waals surface area contributed by atoms with Crippen LogP contribution in [0.4, 0.5) is 11.4 Å². The van der Waals surface area contributed by atoms with Gasteiger partial charge in [-0.3, -0.25) is 4.79 Å². The van der Waals surface area contributed by atoms with E-state index in [0.29, 0.717) is 16.3 Å². The first-order valence-corrected chi connectivity index (χ1v) is 5.44. The zero-order valence-electron chi connectivity index (χ0n) is 8.44. The molecule has 1 heterocycles. The van der Waals surface area contributed by atoms with Crippen molar-refractivity contribution < 1.29 is 4.79 Å². The van der Waals surface area contributed by atoms with Crippen molar-refractivity contribution in [1.29, 1.82) is 0 Å². The summed E-state index contributed by atoms with van der Waals surface area (Å²) in [5, 5.41) is 0. The van der Waals surface area contributed by atoms with Gasteiger partial charge in [0.2, 0.25) is 0 Å². The van der Waals surface area contributed by atoms with Crippen LogP contribution in [0.25, 0.3) is 10.4 Å². The van der Waals surface area contributed by atoms with E-state index in [2.05, 4.69) is 0 Å². The van der Waals surface area contributed by atoms with E-state index in [1.54, 1.807) is 12.1 Å². The fourth-order valence-electron chi connectivity index (χ4n) is 1.43. The van der Waals surface area contributed by atoms with Gasteiger partial charge < -0.3 is 17.2 Å². The summed E-state index contributed by atoms with van der Waals surface area (Å²) in [6.07, 6.45) is 0. The van der Waals surface area contributed by atoms with Crippen LogP contribution in [-0.2, 0) is 0 Å². The van der Waals surface area contributed by atoms with Crippen LogP contribution in [0, 0.1) is 0 Å². The first-order valence-electron chi connectivity index (χ1n) is 4.63. The molecule has 0 fully saturated rings. The smallest absolute Gasteiger partial charge is 0.260 e. The molecule has 0 aliphatic rings. The molecule has 82 valence electrons. The second-order valence-corrected chi connectivity index (χ2v) is 4.44. The van der Waals surface area contributed by atoms with Crippen molar-refractivity contribution in [2.75, 3.05) is 11.5 Å². The van der Waals surface area contributed by atoms with Gasteiger partial charge >= 0.3 is 0 Å². The Hall–Kier alpha value is -2.01. The molecule has 0 atom stereocenters. The molecule has 1 amide bonds. The zero-order chi connectivity index (χ0) is 11.7. The van der Waals surface area contributed by atoms with Gasteiger partial charge in [-0.15, -0.1) is 11.3 Å². The molecular formula is C11H11N3OS. The van der Waals surface area contributed by atoms with Gasteiger partial charge in [0.1, 0.15) is 4.88 Å². The summed E-state index contributed by atoms with van der Waals surface area (Å²) in [7, 11) is 0. The summed E-state index contributed by atoms with van der Waals surface area (Å²) >= 11 is 1.27. The lowest BCUT2D eigenvalue weighted by Gasteiger charge is -1.97. The highest BCUT2D eigenvalue weighted by molar-refractivity contribution is 7.18. The lowest BCUT2D eigenvalue weighted by atomic mass is 10.1. The summed E-state index contributed by atoms with van der Waals surface area (Å²) < 4.78 is 0. The minimum absolute atomic E-state index is 0.387. The average molecular weight is 233 g/mol. The number of carbonyl (C=O) groups is 1. The Bertz CT molecular complexity index is 548. The number of anilines is 2. The third-order valence-corrected chi connectivity index (χ3v) is 3.37. The van der Waals surface area contributed by atoms with E-state index < -0.39 is 5.91 Å². The molecule has 4 nitrogen and oxygen atoms in total. The topological polar surface area (TPSA) is 95.1 Å². The van der Waals surface area contributed by atoms with Crippen molar-refractivity contribution in [1.82, 2.24) is 0 Å².